The summed E-state index contributed by atoms with van der Waals surface area (Å²) < 4.78 is 0. The van der Waals surface area contributed by atoms with Gasteiger partial charge in [-0.15, -0.1) is 11.3 Å². The summed E-state index contributed by atoms with van der Waals surface area (Å²) in [7, 11) is 0. The van der Waals surface area contributed by atoms with E-state index in [1.807, 2.05) is 54.7 Å². The zero-order chi connectivity index (χ0) is 24.5. The number of benzene rings is 2. The number of amides is 1. The van der Waals surface area contributed by atoms with Crippen molar-refractivity contribution in [2.24, 2.45) is 11.0 Å². The first-order chi connectivity index (χ1) is 17.0. The number of aryl methyl sites for hydroxylation is 2. The molecule has 2 unspecified atom stereocenters. The molecule has 1 aromatic heterocycles. The van der Waals surface area contributed by atoms with Crippen LogP contribution in [0.3, 0.4) is 0 Å². The first-order valence-corrected chi connectivity index (χ1v) is 14.0. The molecular formula is C26H24ClN5OS2. The van der Waals surface area contributed by atoms with Crippen LogP contribution in [0.1, 0.15) is 49.4 Å². The van der Waals surface area contributed by atoms with Crippen LogP contribution in [0.15, 0.2) is 47.7 Å². The molecule has 178 valence electrons. The second kappa shape index (κ2) is 10.0. The maximum Gasteiger partial charge on any atom is 0.251 e. The summed E-state index contributed by atoms with van der Waals surface area (Å²) in [6.45, 7) is 2.67. The van der Waals surface area contributed by atoms with Crippen LogP contribution < -0.4 is 10.3 Å². The van der Waals surface area contributed by atoms with Gasteiger partial charge in [-0.3, -0.25) is 9.80 Å². The molecule has 2 atom stereocenters. The minimum absolute atomic E-state index is 0.00266. The predicted octanol–water partition coefficient (Wildman–Crippen LogP) is 5.60. The number of hydrogen-bond acceptors (Lipinski definition) is 7. The lowest BCUT2D eigenvalue weighted by Gasteiger charge is -2.29. The Morgan fingerprint density at radius 2 is 2.20 bits per heavy atom. The summed E-state index contributed by atoms with van der Waals surface area (Å²) in [4.78, 5) is 18.3. The molecule has 0 radical (unpaired) electrons. The van der Waals surface area contributed by atoms with Gasteiger partial charge in [-0.1, -0.05) is 17.7 Å². The zero-order valence-electron chi connectivity index (χ0n) is 19.4. The van der Waals surface area contributed by atoms with Crippen LogP contribution in [0.4, 0.5) is 5.69 Å². The molecule has 9 heteroatoms. The van der Waals surface area contributed by atoms with E-state index in [9.17, 15) is 10.1 Å². The van der Waals surface area contributed by atoms with Crippen LogP contribution in [0.5, 0.6) is 0 Å². The molecule has 0 bridgehead atoms. The summed E-state index contributed by atoms with van der Waals surface area (Å²) in [5, 5.41) is 20.8. The molecule has 0 spiro atoms. The first-order valence-electron chi connectivity index (χ1n) is 11.4. The average molecular weight is 522 g/mol. The normalized spacial score (nSPS) is 18.5. The molecule has 5 rings (SSSR count). The van der Waals surface area contributed by atoms with E-state index in [1.165, 1.54) is 0 Å². The Balaban J connectivity index is 1.52. The number of aromatic nitrogens is 1. The van der Waals surface area contributed by atoms with Gasteiger partial charge in [0.25, 0.3) is 5.91 Å². The monoisotopic (exact) mass is 521 g/mol. The molecule has 1 amide bonds. The molecule has 0 fully saturated rings. The molecule has 0 saturated carbocycles. The van der Waals surface area contributed by atoms with Crippen molar-refractivity contribution in [3.8, 4) is 6.07 Å². The molecule has 2 heterocycles. The molecule has 0 saturated heterocycles. The van der Waals surface area contributed by atoms with E-state index in [-0.39, 0.29) is 17.9 Å². The standard InChI is InChI=1S/C26H24ClN5OS2/c1-15-30-14-23(35-15)25-21-8-4-16-11-17(26(33)29-9-10-34-2)5-7-20(16)24(21)31-32(25)19-6-3-18(13-28)22(27)12-19/h3,5-7,11-12,14,21,25H,4,8-10H2,1-2H3,(H,29,33). The molecule has 1 aliphatic heterocycles. The van der Waals surface area contributed by atoms with Crippen molar-refractivity contribution >= 4 is 52.0 Å². The van der Waals surface area contributed by atoms with Crippen LogP contribution >= 0.6 is 34.7 Å². The number of hydrogen-bond donors (Lipinski definition) is 1. The van der Waals surface area contributed by atoms with Gasteiger partial charge in [-0.2, -0.15) is 22.1 Å². The van der Waals surface area contributed by atoms with Gasteiger partial charge >= 0.3 is 0 Å². The van der Waals surface area contributed by atoms with Crippen molar-refractivity contribution in [2.75, 3.05) is 23.6 Å². The van der Waals surface area contributed by atoms with Gasteiger partial charge in [0, 0.05) is 40.4 Å². The highest BCUT2D eigenvalue weighted by Crippen LogP contribution is 2.47. The van der Waals surface area contributed by atoms with E-state index in [2.05, 4.69) is 16.4 Å². The molecule has 1 N–H and O–H groups in total. The van der Waals surface area contributed by atoms with E-state index < -0.39 is 0 Å². The van der Waals surface area contributed by atoms with Gasteiger partial charge in [0.05, 0.1) is 33.0 Å². The van der Waals surface area contributed by atoms with E-state index >= 15 is 0 Å². The number of thioether (sulfide) groups is 1. The van der Waals surface area contributed by atoms with Gasteiger partial charge in [0.1, 0.15) is 6.07 Å². The van der Waals surface area contributed by atoms with Crippen molar-refractivity contribution < 1.29 is 4.79 Å². The highest BCUT2D eigenvalue weighted by molar-refractivity contribution is 7.98. The highest BCUT2D eigenvalue weighted by Gasteiger charge is 2.43. The molecule has 6 nitrogen and oxygen atoms in total. The van der Waals surface area contributed by atoms with Crippen molar-refractivity contribution in [1.29, 1.82) is 5.26 Å². The molecule has 35 heavy (non-hydrogen) atoms. The zero-order valence-corrected chi connectivity index (χ0v) is 21.8. The summed E-state index contributed by atoms with van der Waals surface area (Å²) in [5.74, 6) is 1.05. The lowest BCUT2D eigenvalue weighted by atomic mass is 9.78. The van der Waals surface area contributed by atoms with Crippen molar-refractivity contribution in [3.05, 3.63) is 79.8 Å². The van der Waals surface area contributed by atoms with Crippen molar-refractivity contribution in [3.63, 3.8) is 0 Å². The molecule has 1 aliphatic carbocycles. The third-order valence-electron chi connectivity index (χ3n) is 6.44. The smallest absolute Gasteiger partial charge is 0.251 e. The van der Waals surface area contributed by atoms with Crippen LogP contribution in [-0.2, 0) is 6.42 Å². The topological polar surface area (TPSA) is 81.4 Å². The van der Waals surface area contributed by atoms with Crippen LogP contribution in [-0.4, -0.2) is 35.2 Å². The molecule has 2 aliphatic rings. The number of hydrazone groups is 1. The fraction of sp³-hybridized carbons (Fsp3) is 0.308. The number of carbonyl (C=O) groups excluding carboxylic acids is 1. The number of thiazole rings is 1. The van der Waals surface area contributed by atoms with E-state index in [0.717, 1.165) is 51.0 Å². The SMILES string of the molecule is CSCCNC(=O)c1ccc2c(c1)CCC1C2=NN(c2ccc(C#N)c(Cl)c2)C1c1cnc(C)s1. The lowest BCUT2D eigenvalue weighted by molar-refractivity contribution is 0.0956. The number of carbonyl (C=O) groups is 1. The third-order valence-corrected chi connectivity index (χ3v) is 8.35. The van der Waals surface area contributed by atoms with Gasteiger partial charge < -0.3 is 5.32 Å². The lowest BCUT2D eigenvalue weighted by Crippen LogP contribution is -2.29. The number of anilines is 1. The maximum atomic E-state index is 12.6. The summed E-state index contributed by atoms with van der Waals surface area (Å²) in [6.07, 6.45) is 5.77. The molecule has 3 aromatic rings. The number of fused-ring (bicyclic) bond motifs is 3. The Bertz CT molecular complexity index is 1360. The van der Waals surface area contributed by atoms with Crippen molar-refractivity contribution in [2.45, 2.75) is 25.8 Å². The maximum absolute atomic E-state index is 12.6. The fourth-order valence-electron chi connectivity index (χ4n) is 4.78. The Morgan fingerprint density at radius 1 is 1.34 bits per heavy atom. The number of nitriles is 1. The first kappa shape index (κ1) is 23.9. The minimum atomic E-state index is -0.0378. The van der Waals surface area contributed by atoms with Gasteiger partial charge in [0.2, 0.25) is 0 Å². The van der Waals surface area contributed by atoms with E-state index in [4.69, 9.17) is 16.7 Å². The Kier molecular flexibility index (Phi) is 6.83. The van der Waals surface area contributed by atoms with Gasteiger partial charge in [0.15, 0.2) is 0 Å². The van der Waals surface area contributed by atoms with Gasteiger partial charge in [-0.25, -0.2) is 4.98 Å². The quantitative estimate of drug-likeness (QED) is 0.427. The number of nitrogens with zero attached hydrogens (tertiary/aromatic N) is 4. The molecule has 2 aromatic carbocycles. The summed E-state index contributed by atoms with van der Waals surface area (Å²) >= 11 is 9.78. The van der Waals surface area contributed by atoms with Crippen LogP contribution in [0, 0.1) is 24.2 Å². The number of rotatable bonds is 6. The predicted molar refractivity (Wildman–Crippen MR) is 144 cm³/mol. The second-order valence-corrected chi connectivity index (χ2v) is 11.3. The summed E-state index contributed by atoms with van der Waals surface area (Å²) in [5.41, 5.74) is 5.24. The van der Waals surface area contributed by atoms with Crippen LogP contribution in [0.25, 0.3) is 0 Å². The third kappa shape index (κ3) is 4.56. The van der Waals surface area contributed by atoms with E-state index in [1.54, 1.807) is 29.2 Å². The van der Waals surface area contributed by atoms with Gasteiger partial charge in [-0.05, 0) is 61.9 Å². The largest absolute Gasteiger partial charge is 0.351 e. The molecular weight excluding hydrogens is 498 g/mol. The number of nitrogens with one attached hydrogen (secondary N) is 1. The second-order valence-electron chi connectivity index (χ2n) is 8.60. The minimum Gasteiger partial charge on any atom is -0.351 e. The fourth-order valence-corrected chi connectivity index (χ4v) is 6.24. The summed E-state index contributed by atoms with van der Waals surface area (Å²) in [6, 6.07) is 13.5. The van der Waals surface area contributed by atoms with Crippen molar-refractivity contribution in [1.82, 2.24) is 10.3 Å². The van der Waals surface area contributed by atoms with Crippen LogP contribution in [0.2, 0.25) is 5.02 Å². The Labute approximate surface area is 218 Å². The average Bonchev–Trinajstić information content (AvgIpc) is 3.47. The Hall–Kier alpha value is -2.86. The van der Waals surface area contributed by atoms with E-state index in [0.29, 0.717) is 22.7 Å². The Morgan fingerprint density at radius 3 is 2.91 bits per heavy atom. The highest BCUT2D eigenvalue weighted by atomic mass is 35.5. The number of halogens is 1.